The molecule has 1 aromatic rings. The molecule has 1 aromatic carbocycles. The molecule has 0 unspecified atom stereocenters. The Morgan fingerprint density at radius 3 is 2.80 bits per heavy atom. The molecule has 82 valence electrons. The maximum absolute atomic E-state index is 13.5. The maximum Gasteiger partial charge on any atom is 0.147 e. The third-order valence-corrected chi connectivity index (χ3v) is 3.43. The normalized spacial score (nSPS) is 25.5. The van der Waals surface area contributed by atoms with E-state index >= 15 is 0 Å². The second kappa shape index (κ2) is 4.49. The topological polar surface area (TPSA) is 32.3 Å². The second-order valence-electron chi connectivity index (χ2n) is 3.85. The van der Waals surface area contributed by atoms with Crippen LogP contribution in [0.1, 0.15) is 19.3 Å². The summed E-state index contributed by atoms with van der Waals surface area (Å²) in [6.45, 7) is 0. The van der Waals surface area contributed by atoms with Gasteiger partial charge in [-0.25, -0.2) is 4.39 Å². The van der Waals surface area contributed by atoms with Gasteiger partial charge in [-0.1, -0.05) is 6.07 Å². The van der Waals surface area contributed by atoms with Crippen molar-refractivity contribution in [2.24, 2.45) is 0 Å². The molecule has 1 fully saturated rings. The van der Waals surface area contributed by atoms with Crippen LogP contribution in [0.15, 0.2) is 22.7 Å². The second-order valence-corrected chi connectivity index (χ2v) is 4.70. The Kier molecular flexibility index (Phi) is 3.26. The van der Waals surface area contributed by atoms with E-state index in [1.165, 1.54) is 6.07 Å². The van der Waals surface area contributed by atoms with E-state index in [0.29, 0.717) is 10.2 Å². The summed E-state index contributed by atoms with van der Waals surface area (Å²) in [6, 6.07) is 4.81. The number of halogens is 2. The van der Waals surface area contributed by atoms with Crippen LogP contribution in [0.4, 0.5) is 10.1 Å². The van der Waals surface area contributed by atoms with Crippen LogP contribution in [0.25, 0.3) is 0 Å². The molecule has 0 saturated heterocycles. The summed E-state index contributed by atoms with van der Waals surface area (Å²) in [7, 11) is 0. The van der Waals surface area contributed by atoms with Crippen LogP contribution in [0, 0.1) is 5.82 Å². The Balaban J connectivity index is 2.16. The van der Waals surface area contributed by atoms with Crippen LogP contribution in [-0.2, 0) is 0 Å². The standard InChI is InChI=1S/C11H13BrFNO/c12-7-3-1-4-8(13)11(7)14-9-5-2-6-10(9)15/h1,3-4,9-10,14-15H,2,5-6H2/t9-,10-/m1/s1. The summed E-state index contributed by atoms with van der Waals surface area (Å²) in [5.74, 6) is -0.288. The minimum Gasteiger partial charge on any atom is -0.391 e. The van der Waals surface area contributed by atoms with Crippen molar-refractivity contribution < 1.29 is 9.50 Å². The van der Waals surface area contributed by atoms with E-state index < -0.39 is 0 Å². The molecule has 0 radical (unpaired) electrons. The van der Waals surface area contributed by atoms with Crippen LogP contribution in [-0.4, -0.2) is 17.3 Å². The number of hydrogen-bond acceptors (Lipinski definition) is 2. The summed E-state index contributed by atoms with van der Waals surface area (Å²) in [5.41, 5.74) is 0.448. The van der Waals surface area contributed by atoms with Gasteiger partial charge in [-0.2, -0.15) is 0 Å². The smallest absolute Gasteiger partial charge is 0.147 e. The molecule has 2 rings (SSSR count). The molecule has 1 saturated carbocycles. The first kappa shape index (κ1) is 10.9. The number of rotatable bonds is 2. The predicted octanol–water partition coefficient (Wildman–Crippen LogP) is 2.91. The quantitative estimate of drug-likeness (QED) is 0.869. The van der Waals surface area contributed by atoms with Crippen molar-refractivity contribution in [1.82, 2.24) is 0 Å². The van der Waals surface area contributed by atoms with Crippen LogP contribution in [0.5, 0.6) is 0 Å². The van der Waals surface area contributed by atoms with Crippen LogP contribution < -0.4 is 5.32 Å². The van der Waals surface area contributed by atoms with E-state index in [1.807, 2.05) is 0 Å². The number of anilines is 1. The van der Waals surface area contributed by atoms with Crippen molar-refractivity contribution in [2.75, 3.05) is 5.32 Å². The highest BCUT2D eigenvalue weighted by atomic mass is 79.9. The van der Waals surface area contributed by atoms with Gasteiger partial charge < -0.3 is 10.4 Å². The Morgan fingerprint density at radius 1 is 1.40 bits per heavy atom. The van der Waals surface area contributed by atoms with E-state index in [4.69, 9.17) is 0 Å². The Labute approximate surface area is 96.6 Å². The van der Waals surface area contributed by atoms with E-state index in [0.717, 1.165) is 19.3 Å². The zero-order valence-corrected chi connectivity index (χ0v) is 9.80. The van der Waals surface area contributed by atoms with Gasteiger partial charge in [0, 0.05) is 4.47 Å². The first-order valence-corrected chi connectivity index (χ1v) is 5.86. The Morgan fingerprint density at radius 2 is 2.20 bits per heavy atom. The molecule has 2 atom stereocenters. The van der Waals surface area contributed by atoms with E-state index in [1.54, 1.807) is 12.1 Å². The van der Waals surface area contributed by atoms with Crippen molar-refractivity contribution in [3.05, 3.63) is 28.5 Å². The molecule has 15 heavy (non-hydrogen) atoms. The van der Waals surface area contributed by atoms with E-state index in [-0.39, 0.29) is 18.0 Å². The van der Waals surface area contributed by atoms with Gasteiger partial charge in [0.25, 0.3) is 0 Å². The average Bonchev–Trinajstić information content (AvgIpc) is 2.58. The third kappa shape index (κ3) is 2.32. The molecular weight excluding hydrogens is 261 g/mol. The lowest BCUT2D eigenvalue weighted by Gasteiger charge is -2.19. The fraction of sp³-hybridized carbons (Fsp3) is 0.455. The number of para-hydroxylation sites is 1. The number of hydrogen-bond donors (Lipinski definition) is 2. The molecule has 0 heterocycles. The SMILES string of the molecule is O[C@@H]1CCC[C@H]1Nc1c(F)cccc1Br. The van der Waals surface area contributed by atoms with Crippen molar-refractivity contribution in [3.8, 4) is 0 Å². The van der Waals surface area contributed by atoms with Gasteiger partial charge in [-0.15, -0.1) is 0 Å². The van der Waals surface area contributed by atoms with Gasteiger partial charge in [0.1, 0.15) is 5.82 Å². The van der Waals surface area contributed by atoms with Gasteiger partial charge in [-0.05, 0) is 47.3 Å². The summed E-state index contributed by atoms with van der Waals surface area (Å²) in [6.07, 6.45) is 2.31. The first-order valence-electron chi connectivity index (χ1n) is 5.07. The molecule has 2 nitrogen and oxygen atoms in total. The molecule has 2 N–H and O–H groups in total. The summed E-state index contributed by atoms with van der Waals surface area (Å²) >= 11 is 3.29. The minimum absolute atomic E-state index is 0.0294. The number of aliphatic hydroxyl groups is 1. The molecule has 0 bridgehead atoms. The minimum atomic E-state index is -0.364. The number of nitrogens with one attached hydrogen (secondary N) is 1. The van der Waals surface area contributed by atoms with Crippen molar-refractivity contribution in [2.45, 2.75) is 31.4 Å². The lowest BCUT2D eigenvalue weighted by molar-refractivity contribution is 0.171. The average molecular weight is 274 g/mol. The van der Waals surface area contributed by atoms with Gasteiger partial charge in [-0.3, -0.25) is 0 Å². The molecule has 1 aliphatic carbocycles. The zero-order valence-electron chi connectivity index (χ0n) is 8.21. The van der Waals surface area contributed by atoms with Gasteiger partial charge >= 0.3 is 0 Å². The molecule has 0 aromatic heterocycles. The number of aliphatic hydroxyl groups excluding tert-OH is 1. The highest BCUT2D eigenvalue weighted by molar-refractivity contribution is 9.10. The van der Waals surface area contributed by atoms with Gasteiger partial charge in [0.15, 0.2) is 0 Å². The fourth-order valence-electron chi connectivity index (χ4n) is 1.93. The Bertz CT molecular complexity index is 338. The number of benzene rings is 1. The third-order valence-electron chi connectivity index (χ3n) is 2.77. The van der Waals surface area contributed by atoms with E-state index in [9.17, 15) is 9.50 Å². The molecule has 0 amide bonds. The Hall–Kier alpha value is -0.610. The summed E-state index contributed by atoms with van der Waals surface area (Å²) in [4.78, 5) is 0. The van der Waals surface area contributed by atoms with E-state index in [2.05, 4.69) is 21.2 Å². The zero-order chi connectivity index (χ0) is 10.8. The summed E-state index contributed by atoms with van der Waals surface area (Å²) in [5, 5.41) is 12.7. The summed E-state index contributed by atoms with van der Waals surface area (Å²) < 4.78 is 14.2. The van der Waals surface area contributed by atoms with Crippen molar-refractivity contribution in [3.63, 3.8) is 0 Å². The largest absolute Gasteiger partial charge is 0.391 e. The molecule has 1 aliphatic rings. The molecular formula is C11H13BrFNO. The van der Waals surface area contributed by atoms with Gasteiger partial charge in [0.2, 0.25) is 0 Å². The molecule has 4 heteroatoms. The fourth-order valence-corrected chi connectivity index (χ4v) is 2.39. The first-order chi connectivity index (χ1) is 7.18. The van der Waals surface area contributed by atoms with Crippen molar-refractivity contribution in [1.29, 1.82) is 0 Å². The monoisotopic (exact) mass is 273 g/mol. The highest BCUT2D eigenvalue weighted by Crippen LogP contribution is 2.29. The molecule has 0 aliphatic heterocycles. The highest BCUT2D eigenvalue weighted by Gasteiger charge is 2.26. The predicted molar refractivity (Wildman–Crippen MR) is 61.4 cm³/mol. The van der Waals surface area contributed by atoms with Crippen molar-refractivity contribution >= 4 is 21.6 Å². The van der Waals surface area contributed by atoms with Crippen LogP contribution >= 0.6 is 15.9 Å². The lowest BCUT2D eigenvalue weighted by atomic mass is 10.2. The van der Waals surface area contributed by atoms with Crippen LogP contribution in [0.2, 0.25) is 0 Å². The lowest BCUT2D eigenvalue weighted by Crippen LogP contribution is -2.28. The maximum atomic E-state index is 13.5. The van der Waals surface area contributed by atoms with Crippen LogP contribution in [0.3, 0.4) is 0 Å². The van der Waals surface area contributed by atoms with Gasteiger partial charge in [0.05, 0.1) is 17.8 Å². The molecule has 0 spiro atoms.